The van der Waals surface area contributed by atoms with Crippen molar-refractivity contribution < 1.29 is 14.3 Å². The lowest BCUT2D eigenvalue weighted by Gasteiger charge is -2.30. The molecule has 146 valence electrons. The number of benzene rings is 2. The van der Waals surface area contributed by atoms with Crippen LogP contribution < -0.4 is 14.8 Å². The van der Waals surface area contributed by atoms with E-state index in [1.54, 1.807) is 7.11 Å². The number of rotatable bonds is 11. The molecule has 0 aromatic heterocycles. The second-order valence-corrected chi connectivity index (χ2v) is 6.23. The predicted octanol–water partition coefficient (Wildman–Crippen LogP) is 3.66. The third kappa shape index (κ3) is 6.61. The maximum atomic E-state index is 12.2. The van der Waals surface area contributed by atoms with E-state index in [2.05, 4.69) is 36.2 Å². The third-order valence-corrected chi connectivity index (χ3v) is 4.59. The van der Waals surface area contributed by atoms with Crippen LogP contribution in [0.2, 0.25) is 0 Å². The summed E-state index contributed by atoms with van der Waals surface area (Å²) in [4.78, 5) is 14.6. The number of para-hydroxylation sites is 1. The molecule has 0 radical (unpaired) electrons. The van der Waals surface area contributed by atoms with Gasteiger partial charge in [0.1, 0.15) is 11.5 Å². The highest BCUT2D eigenvalue weighted by Crippen LogP contribution is 2.22. The largest absolute Gasteiger partial charge is 0.497 e. The highest BCUT2D eigenvalue weighted by atomic mass is 16.5. The van der Waals surface area contributed by atoms with Gasteiger partial charge in [-0.1, -0.05) is 44.2 Å². The first-order valence-corrected chi connectivity index (χ1v) is 9.50. The lowest BCUT2D eigenvalue weighted by Crippen LogP contribution is -2.38. The number of carbonyl (C=O) groups is 1. The van der Waals surface area contributed by atoms with Crippen molar-refractivity contribution in [3.05, 3.63) is 60.2 Å². The number of hydrogen-bond donors (Lipinski definition) is 1. The van der Waals surface area contributed by atoms with Gasteiger partial charge in [0.25, 0.3) is 0 Å². The van der Waals surface area contributed by atoms with E-state index in [0.717, 1.165) is 24.6 Å². The standard InChI is InChI=1S/C22H30N2O3/c1-4-24(5-2)21(18-11-13-19(26-3)14-12-18)17-23-22(25)15-16-27-20-9-7-6-8-10-20/h6-14,21H,4-5,15-17H2,1-3H3,(H,23,25). The maximum absolute atomic E-state index is 12.2. The highest BCUT2D eigenvalue weighted by Gasteiger charge is 2.19. The van der Waals surface area contributed by atoms with Crippen LogP contribution in [-0.4, -0.2) is 44.2 Å². The first-order valence-electron chi connectivity index (χ1n) is 9.50. The van der Waals surface area contributed by atoms with Crippen molar-refractivity contribution in [3.8, 4) is 11.5 Å². The summed E-state index contributed by atoms with van der Waals surface area (Å²) in [6.45, 7) is 7.04. The molecule has 1 atom stereocenters. The van der Waals surface area contributed by atoms with Gasteiger partial charge in [-0.2, -0.15) is 0 Å². The molecule has 5 heteroatoms. The Kier molecular flexibility index (Phi) is 8.65. The number of ether oxygens (including phenoxy) is 2. The molecule has 1 amide bonds. The van der Waals surface area contributed by atoms with E-state index in [9.17, 15) is 4.79 Å². The Morgan fingerprint density at radius 2 is 1.67 bits per heavy atom. The van der Waals surface area contributed by atoms with Crippen LogP contribution in [0, 0.1) is 0 Å². The minimum Gasteiger partial charge on any atom is -0.497 e. The SMILES string of the molecule is CCN(CC)C(CNC(=O)CCOc1ccccc1)c1ccc(OC)cc1. The molecule has 2 aromatic rings. The number of nitrogens with zero attached hydrogens (tertiary/aromatic N) is 1. The quantitative estimate of drug-likeness (QED) is 0.656. The third-order valence-electron chi connectivity index (χ3n) is 4.59. The van der Waals surface area contributed by atoms with Crippen molar-refractivity contribution in [1.82, 2.24) is 10.2 Å². The monoisotopic (exact) mass is 370 g/mol. The van der Waals surface area contributed by atoms with Crippen molar-refractivity contribution in [2.75, 3.05) is 33.4 Å². The maximum Gasteiger partial charge on any atom is 0.223 e. The molecule has 0 aliphatic rings. The summed E-state index contributed by atoms with van der Waals surface area (Å²) < 4.78 is 10.8. The molecule has 0 saturated heterocycles. The zero-order chi connectivity index (χ0) is 19.5. The second-order valence-electron chi connectivity index (χ2n) is 6.23. The average Bonchev–Trinajstić information content (AvgIpc) is 2.72. The first-order chi connectivity index (χ1) is 13.2. The number of nitrogens with one attached hydrogen (secondary N) is 1. The number of carbonyl (C=O) groups excluding carboxylic acids is 1. The summed E-state index contributed by atoms with van der Waals surface area (Å²) >= 11 is 0. The second kappa shape index (κ2) is 11.2. The predicted molar refractivity (Wildman–Crippen MR) is 108 cm³/mol. The van der Waals surface area contributed by atoms with Gasteiger partial charge in [-0.3, -0.25) is 9.69 Å². The molecule has 0 heterocycles. The van der Waals surface area contributed by atoms with Gasteiger partial charge in [-0.05, 0) is 42.9 Å². The van der Waals surface area contributed by atoms with Crippen LogP contribution in [0.1, 0.15) is 31.9 Å². The zero-order valence-corrected chi connectivity index (χ0v) is 16.5. The van der Waals surface area contributed by atoms with E-state index in [0.29, 0.717) is 19.6 Å². The van der Waals surface area contributed by atoms with Crippen LogP contribution >= 0.6 is 0 Å². The van der Waals surface area contributed by atoms with Crippen molar-refractivity contribution in [3.63, 3.8) is 0 Å². The zero-order valence-electron chi connectivity index (χ0n) is 16.5. The number of likely N-dealkylation sites (N-methyl/N-ethyl adjacent to an activating group) is 1. The van der Waals surface area contributed by atoms with Crippen LogP contribution in [0.25, 0.3) is 0 Å². The van der Waals surface area contributed by atoms with Crippen molar-refractivity contribution >= 4 is 5.91 Å². The molecule has 0 aliphatic carbocycles. The minimum atomic E-state index is -0.00315. The van der Waals surface area contributed by atoms with Gasteiger partial charge >= 0.3 is 0 Å². The van der Waals surface area contributed by atoms with E-state index in [1.165, 1.54) is 5.56 Å². The molecule has 5 nitrogen and oxygen atoms in total. The molecule has 0 saturated carbocycles. The molecule has 0 bridgehead atoms. The molecule has 1 N–H and O–H groups in total. The van der Waals surface area contributed by atoms with Crippen molar-refractivity contribution in [2.24, 2.45) is 0 Å². The van der Waals surface area contributed by atoms with Gasteiger partial charge in [0.05, 0.1) is 26.2 Å². The van der Waals surface area contributed by atoms with E-state index >= 15 is 0 Å². The van der Waals surface area contributed by atoms with E-state index in [-0.39, 0.29) is 11.9 Å². The summed E-state index contributed by atoms with van der Waals surface area (Å²) in [5.41, 5.74) is 1.17. The van der Waals surface area contributed by atoms with Crippen molar-refractivity contribution in [2.45, 2.75) is 26.3 Å². The summed E-state index contributed by atoms with van der Waals surface area (Å²) in [5, 5.41) is 3.05. The van der Waals surface area contributed by atoms with Gasteiger partial charge in [0.2, 0.25) is 5.91 Å². The summed E-state index contributed by atoms with van der Waals surface area (Å²) in [7, 11) is 1.66. The van der Waals surface area contributed by atoms with Crippen LogP contribution in [0.4, 0.5) is 0 Å². The molecule has 1 unspecified atom stereocenters. The molecule has 2 rings (SSSR count). The fraction of sp³-hybridized carbons (Fsp3) is 0.409. The Labute approximate surface area is 162 Å². The van der Waals surface area contributed by atoms with Crippen LogP contribution in [0.15, 0.2) is 54.6 Å². The normalized spacial score (nSPS) is 11.9. The Hall–Kier alpha value is -2.53. The van der Waals surface area contributed by atoms with Crippen LogP contribution in [-0.2, 0) is 4.79 Å². The smallest absolute Gasteiger partial charge is 0.223 e. The molecule has 0 fully saturated rings. The molecule has 27 heavy (non-hydrogen) atoms. The fourth-order valence-electron chi connectivity index (χ4n) is 3.03. The van der Waals surface area contributed by atoms with Gasteiger partial charge in [0.15, 0.2) is 0 Å². The van der Waals surface area contributed by atoms with Crippen molar-refractivity contribution in [1.29, 1.82) is 0 Å². The number of hydrogen-bond acceptors (Lipinski definition) is 4. The lowest BCUT2D eigenvalue weighted by atomic mass is 10.0. The summed E-state index contributed by atoms with van der Waals surface area (Å²) in [6, 6.07) is 17.7. The molecule has 2 aromatic carbocycles. The molecular weight excluding hydrogens is 340 g/mol. The van der Waals surface area contributed by atoms with Crippen LogP contribution in [0.3, 0.4) is 0 Å². The summed E-state index contributed by atoms with van der Waals surface area (Å²) in [5.74, 6) is 1.61. The summed E-state index contributed by atoms with van der Waals surface area (Å²) in [6.07, 6.45) is 0.336. The van der Waals surface area contributed by atoms with Gasteiger partial charge in [-0.15, -0.1) is 0 Å². The van der Waals surface area contributed by atoms with E-state index in [4.69, 9.17) is 9.47 Å². The number of amides is 1. The Morgan fingerprint density at radius 3 is 2.26 bits per heavy atom. The molecular formula is C22H30N2O3. The average molecular weight is 370 g/mol. The van der Waals surface area contributed by atoms with Gasteiger partial charge in [-0.25, -0.2) is 0 Å². The van der Waals surface area contributed by atoms with Gasteiger partial charge < -0.3 is 14.8 Å². The topological polar surface area (TPSA) is 50.8 Å². The lowest BCUT2D eigenvalue weighted by molar-refractivity contribution is -0.121. The number of methoxy groups -OCH3 is 1. The van der Waals surface area contributed by atoms with E-state index < -0.39 is 0 Å². The first kappa shape index (κ1) is 20.8. The minimum absolute atomic E-state index is 0.00315. The molecule has 0 aliphatic heterocycles. The highest BCUT2D eigenvalue weighted by molar-refractivity contribution is 5.76. The Morgan fingerprint density at radius 1 is 1.00 bits per heavy atom. The Balaban J connectivity index is 1.89. The van der Waals surface area contributed by atoms with E-state index in [1.807, 2.05) is 42.5 Å². The van der Waals surface area contributed by atoms with Crippen LogP contribution in [0.5, 0.6) is 11.5 Å². The Bertz CT molecular complexity index is 670. The fourth-order valence-corrected chi connectivity index (χ4v) is 3.03. The van der Waals surface area contributed by atoms with Gasteiger partial charge in [0, 0.05) is 6.54 Å². The molecule has 0 spiro atoms.